The Hall–Kier alpha value is -3.36. The Morgan fingerprint density at radius 3 is 2.71 bits per heavy atom. The van der Waals surface area contributed by atoms with Crippen LogP contribution in [0.3, 0.4) is 0 Å². The van der Waals surface area contributed by atoms with E-state index in [1.54, 1.807) is 6.07 Å². The molecule has 0 atom stereocenters. The van der Waals surface area contributed by atoms with E-state index in [2.05, 4.69) is 20.6 Å². The van der Waals surface area contributed by atoms with Crippen molar-refractivity contribution in [3.05, 3.63) is 76.4 Å². The quantitative estimate of drug-likeness (QED) is 0.627. The van der Waals surface area contributed by atoms with Gasteiger partial charge in [-0.3, -0.25) is 19.7 Å². The van der Waals surface area contributed by atoms with Crippen LogP contribution in [0.5, 0.6) is 0 Å². The number of benzene rings is 2. The predicted molar refractivity (Wildman–Crippen MR) is 118 cm³/mol. The minimum absolute atomic E-state index is 0.140. The second-order valence-electron chi connectivity index (χ2n) is 7.35. The van der Waals surface area contributed by atoms with Crippen LogP contribution in [0.1, 0.15) is 21.6 Å². The van der Waals surface area contributed by atoms with Gasteiger partial charge in [-0.05, 0) is 30.8 Å². The van der Waals surface area contributed by atoms with Gasteiger partial charge in [-0.2, -0.15) is 5.10 Å². The molecule has 9 heteroatoms. The third kappa shape index (κ3) is 5.42. The Kier molecular flexibility index (Phi) is 6.20. The number of aromatic nitrogens is 2. The molecule has 8 nitrogen and oxygen atoms in total. The highest BCUT2D eigenvalue weighted by Gasteiger charge is 2.18. The van der Waals surface area contributed by atoms with Gasteiger partial charge in [-0.15, -0.1) is 0 Å². The SMILES string of the molecule is CN1CCn2nc(NC(=O)c3cc(Cl)cc(NC(=O)OCc4ccccc4)c3)cc2C1. The highest BCUT2D eigenvalue weighted by atomic mass is 35.5. The van der Waals surface area contributed by atoms with E-state index >= 15 is 0 Å². The molecule has 2 aromatic carbocycles. The van der Waals surface area contributed by atoms with E-state index in [0.29, 0.717) is 22.1 Å². The zero-order chi connectivity index (χ0) is 21.8. The fourth-order valence-electron chi connectivity index (χ4n) is 3.32. The molecule has 0 unspecified atom stereocenters. The number of hydrogen-bond donors (Lipinski definition) is 2. The maximum atomic E-state index is 12.7. The van der Waals surface area contributed by atoms with Gasteiger partial charge >= 0.3 is 6.09 Å². The first kappa shape index (κ1) is 20.9. The van der Waals surface area contributed by atoms with Crippen molar-refractivity contribution in [2.24, 2.45) is 0 Å². The molecular weight excluding hydrogens is 418 g/mol. The molecule has 0 spiro atoms. The summed E-state index contributed by atoms with van der Waals surface area (Å²) >= 11 is 6.15. The lowest BCUT2D eigenvalue weighted by molar-refractivity contribution is 0.102. The molecule has 2 amide bonds. The molecule has 4 rings (SSSR count). The molecule has 1 aromatic heterocycles. The molecule has 31 heavy (non-hydrogen) atoms. The molecule has 0 saturated carbocycles. The van der Waals surface area contributed by atoms with E-state index in [-0.39, 0.29) is 12.5 Å². The number of carbonyl (C=O) groups is 2. The summed E-state index contributed by atoms with van der Waals surface area (Å²) in [6, 6.07) is 15.8. The molecule has 0 aliphatic carbocycles. The van der Waals surface area contributed by atoms with E-state index in [1.807, 2.05) is 48.1 Å². The number of rotatable bonds is 5. The number of likely N-dealkylation sites (N-methyl/N-ethyl adjacent to an activating group) is 1. The number of carbonyl (C=O) groups excluding carboxylic acids is 2. The standard InChI is InChI=1S/C22H22ClN5O3/c1-27-7-8-28-19(13-27)12-20(26-28)25-21(29)16-9-17(23)11-18(10-16)24-22(30)31-14-15-5-3-2-4-6-15/h2-6,9-12H,7-8,13-14H2,1H3,(H,24,30)(H,25,26,29). The molecule has 0 fully saturated rings. The number of anilines is 2. The van der Waals surface area contributed by atoms with Crippen LogP contribution in [0.4, 0.5) is 16.3 Å². The molecule has 160 valence electrons. The first-order chi connectivity index (χ1) is 15.0. The van der Waals surface area contributed by atoms with Crippen molar-refractivity contribution < 1.29 is 14.3 Å². The summed E-state index contributed by atoms with van der Waals surface area (Å²) in [5, 5.41) is 10.1. The average Bonchev–Trinajstić information content (AvgIpc) is 3.14. The third-order valence-electron chi connectivity index (χ3n) is 4.85. The van der Waals surface area contributed by atoms with Gasteiger partial charge in [0.25, 0.3) is 5.91 Å². The molecule has 1 aliphatic heterocycles. The Labute approximate surface area is 184 Å². The van der Waals surface area contributed by atoms with Crippen molar-refractivity contribution in [3.8, 4) is 0 Å². The van der Waals surface area contributed by atoms with Crippen LogP contribution in [-0.2, 0) is 24.4 Å². The summed E-state index contributed by atoms with van der Waals surface area (Å²) in [5.74, 6) is 0.110. The third-order valence-corrected chi connectivity index (χ3v) is 5.07. The summed E-state index contributed by atoms with van der Waals surface area (Å²) in [6.07, 6.45) is -0.636. The van der Waals surface area contributed by atoms with Crippen molar-refractivity contribution in [2.45, 2.75) is 19.7 Å². The molecule has 0 radical (unpaired) electrons. The first-order valence-electron chi connectivity index (χ1n) is 9.81. The average molecular weight is 440 g/mol. The zero-order valence-corrected chi connectivity index (χ0v) is 17.7. The molecule has 0 bridgehead atoms. The fourth-order valence-corrected chi connectivity index (χ4v) is 3.55. The summed E-state index contributed by atoms with van der Waals surface area (Å²) in [4.78, 5) is 27.0. The smallest absolute Gasteiger partial charge is 0.411 e. The number of amides is 2. The van der Waals surface area contributed by atoms with Crippen molar-refractivity contribution in [1.82, 2.24) is 14.7 Å². The van der Waals surface area contributed by atoms with Gasteiger partial charge in [0.05, 0.1) is 12.2 Å². The Morgan fingerprint density at radius 2 is 1.90 bits per heavy atom. The lowest BCUT2D eigenvalue weighted by atomic mass is 10.2. The van der Waals surface area contributed by atoms with Gasteiger partial charge in [-0.25, -0.2) is 4.79 Å². The minimum Gasteiger partial charge on any atom is -0.444 e. The zero-order valence-electron chi connectivity index (χ0n) is 17.0. The van der Waals surface area contributed by atoms with Crippen LogP contribution in [0.25, 0.3) is 0 Å². The second kappa shape index (κ2) is 9.20. The molecule has 3 aromatic rings. The van der Waals surface area contributed by atoms with Gasteiger partial charge in [-0.1, -0.05) is 41.9 Å². The number of nitrogens with zero attached hydrogens (tertiary/aromatic N) is 3. The van der Waals surface area contributed by atoms with Crippen molar-refractivity contribution in [3.63, 3.8) is 0 Å². The topological polar surface area (TPSA) is 88.5 Å². The lowest BCUT2D eigenvalue weighted by Crippen LogP contribution is -2.30. The van der Waals surface area contributed by atoms with Crippen molar-refractivity contribution in [2.75, 3.05) is 24.2 Å². The molecular formula is C22H22ClN5O3. The fraction of sp³-hybridized carbons (Fsp3) is 0.227. The Bertz CT molecular complexity index is 1100. The van der Waals surface area contributed by atoms with Gasteiger partial charge in [0.1, 0.15) is 6.61 Å². The van der Waals surface area contributed by atoms with Gasteiger partial charge in [0.15, 0.2) is 5.82 Å². The normalized spacial score (nSPS) is 13.4. The van der Waals surface area contributed by atoms with Crippen LogP contribution < -0.4 is 10.6 Å². The van der Waals surface area contributed by atoms with E-state index in [9.17, 15) is 9.59 Å². The van der Waals surface area contributed by atoms with Crippen LogP contribution in [0.15, 0.2) is 54.6 Å². The lowest BCUT2D eigenvalue weighted by Gasteiger charge is -2.22. The number of nitrogens with one attached hydrogen (secondary N) is 2. The van der Waals surface area contributed by atoms with Crippen molar-refractivity contribution >= 4 is 35.1 Å². The van der Waals surface area contributed by atoms with E-state index < -0.39 is 6.09 Å². The highest BCUT2D eigenvalue weighted by molar-refractivity contribution is 6.31. The monoisotopic (exact) mass is 439 g/mol. The van der Waals surface area contributed by atoms with Gasteiger partial charge < -0.3 is 10.1 Å². The highest BCUT2D eigenvalue weighted by Crippen LogP contribution is 2.21. The van der Waals surface area contributed by atoms with Gasteiger partial charge in [0.2, 0.25) is 0 Å². The van der Waals surface area contributed by atoms with Crippen molar-refractivity contribution in [1.29, 1.82) is 0 Å². The van der Waals surface area contributed by atoms with Crippen LogP contribution >= 0.6 is 11.6 Å². The summed E-state index contributed by atoms with van der Waals surface area (Å²) < 4.78 is 7.10. The van der Waals surface area contributed by atoms with E-state index in [1.165, 1.54) is 12.1 Å². The number of fused-ring (bicyclic) bond motifs is 1. The molecule has 2 N–H and O–H groups in total. The minimum atomic E-state index is -0.636. The maximum Gasteiger partial charge on any atom is 0.411 e. The van der Waals surface area contributed by atoms with Crippen LogP contribution in [0.2, 0.25) is 5.02 Å². The van der Waals surface area contributed by atoms with E-state index in [0.717, 1.165) is 30.9 Å². The predicted octanol–water partition coefficient (Wildman–Crippen LogP) is 3.98. The van der Waals surface area contributed by atoms with Crippen LogP contribution in [0, 0.1) is 0 Å². The Balaban J connectivity index is 1.40. The summed E-state index contributed by atoms with van der Waals surface area (Å²) in [7, 11) is 2.04. The Morgan fingerprint density at radius 1 is 1.10 bits per heavy atom. The molecule has 2 heterocycles. The maximum absolute atomic E-state index is 12.7. The number of hydrogen-bond acceptors (Lipinski definition) is 5. The molecule has 1 aliphatic rings. The van der Waals surface area contributed by atoms with Gasteiger partial charge in [0, 0.05) is 35.4 Å². The first-order valence-corrected chi connectivity index (χ1v) is 10.2. The summed E-state index contributed by atoms with van der Waals surface area (Å²) in [5.41, 5.74) is 2.58. The number of ether oxygens (including phenoxy) is 1. The largest absolute Gasteiger partial charge is 0.444 e. The number of halogens is 1. The second-order valence-corrected chi connectivity index (χ2v) is 7.79. The van der Waals surface area contributed by atoms with E-state index in [4.69, 9.17) is 16.3 Å². The summed E-state index contributed by atoms with van der Waals surface area (Å²) in [6.45, 7) is 2.60. The molecule has 0 saturated heterocycles. The van der Waals surface area contributed by atoms with Crippen LogP contribution in [-0.4, -0.2) is 40.3 Å².